The number of ether oxygens (including phenoxy) is 1. The van der Waals surface area contributed by atoms with Crippen molar-refractivity contribution in [1.29, 1.82) is 0 Å². The molecule has 0 atom stereocenters. The highest BCUT2D eigenvalue weighted by atomic mass is 35.5. The Balaban J connectivity index is 1.35. The number of fused-ring (bicyclic) bond motifs is 1. The predicted molar refractivity (Wildman–Crippen MR) is 125 cm³/mol. The summed E-state index contributed by atoms with van der Waals surface area (Å²) in [7, 11) is 0. The fourth-order valence-corrected chi connectivity index (χ4v) is 4.96. The average molecular weight is 467 g/mol. The summed E-state index contributed by atoms with van der Waals surface area (Å²) >= 11 is 7.53. The summed E-state index contributed by atoms with van der Waals surface area (Å²) in [5.74, 6) is -0.158. The van der Waals surface area contributed by atoms with Crippen molar-refractivity contribution in [2.45, 2.75) is 13.5 Å². The minimum atomic E-state index is -0.347. The number of hydrogen-bond donors (Lipinski definition) is 1. The van der Waals surface area contributed by atoms with Crippen LogP contribution in [0.2, 0.25) is 5.02 Å². The molecule has 0 spiro atoms. The molecule has 5 rings (SSSR count). The van der Waals surface area contributed by atoms with Crippen LogP contribution in [0.5, 0.6) is 0 Å². The number of rotatable bonds is 5. The van der Waals surface area contributed by atoms with E-state index in [1.165, 1.54) is 11.3 Å². The van der Waals surface area contributed by atoms with Crippen molar-refractivity contribution < 1.29 is 14.3 Å². The molecule has 0 radical (unpaired) electrons. The summed E-state index contributed by atoms with van der Waals surface area (Å²) in [5.41, 5.74) is 3.36. The molecular weight excluding hydrogens is 448 g/mol. The standard InChI is InChI=1S/C23H19ClN4O3S/c1-14-19-12-20(32-22(19)28(26-14)18-7-3-5-16(24)11-18)21(29)25-13-15-4-2-6-17(10-15)27-8-9-31-23(27)30/h2-7,10-12H,8-9,13H2,1H3,(H,25,29). The van der Waals surface area contributed by atoms with Gasteiger partial charge in [-0.15, -0.1) is 11.3 Å². The van der Waals surface area contributed by atoms with E-state index in [0.717, 1.165) is 32.8 Å². The third-order valence-corrected chi connectivity index (χ3v) is 6.60. The summed E-state index contributed by atoms with van der Waals surface area (Å²) < 4.78 is 6.81. The second-order valence-corrected chi connectivity index (χ2v) is 8.89. The van der Waals surface area contributed by atoms with E-state index in [-0.39, 0.29) is 12.0 Å². The Morgan fingerprint density at radius 3 is 2.78 bits per heavy atom. The molecule has 0 bridgehead atoms. The molecule has 7 nitrogen and oxygen atoms in total. The number of hydrogen-bond acceptors (Lipinski definition) is 5. The summed E-state index contributed by atoms with van der Waals surface area (Å²) in [6.07, 6.45) is -0.347. The minimum Gasteiger partial charge on any atom is -0.447 e. The van der Waals surface area contributed by atoms with Crippen LogP contribution < -0.4 is 10.2 Å². The van der Waals surface area contributed by atoms with Crippen molar-refractivity contribution in [3.63, 3.8) is 0 Å². The molecular formula is C23H19ClN4O3S. The molecule has 1 saturated heterocycles. The average Bonchev–Trinajstić information content (AvgIpc) is 3.49. The molecule has 0 saturated carbocycles. The van der Waals surface area contributed by atoms with Crippen LogP contribution in [-0.4, -0.2) is 34.9 Å². The van der Waals surface area contributed by atoms with Gasteiger partial charge in [0.25, 0.3) is 5.91 Å². The zero-order chi connectivity index (χ0) is 22.2. The van der Waals surface area contributed by atoms with Gasteiger partial charge in [0.15, 0.2) is 0 Å². The van der Waals surface area contributed by atoms with Gasteiger partial charge in [-0.05, 0) is 48.9 Å². The number of nitrogens with zero attached hydrogens (tertiary/aromatic N) is 3. The maximum absolute atomic E-state index is 12.9. The van der Waals surface area contributed by atoms with Gasteiger partial charge in [0, 0.05) is 22.6 Å². The number of cyclic esters (lactones) is 1. The van der Waals surface area contributed by atoms with E-state index >= 15 is 0 Å². The van der Waals surface area contributed by atoms with Gasteiger partial charge >= 0.3 is 6.09 Å². The molecule has 4 aromatic rings. The number of carbonyl (C=O) groups excluding carboxylic acids is 2. The van der Waals surface area contributed by atoms with E-state index in [9.17, 15) is 9.59 Å². The SMILES string of the molecule is Cc1nn(-c2cccc(Cl)c2)c2sc(C(=O)NCc3cccc(N4CCOC4=O)c3)cc12. The number of aryl methyl sites for hydroxylation is 1. The van der Waals surface area contributed by atoms with Gasteiger partial charge in [-0.3, -0.25) is 9.69 Å². The molecule has 2 aromatic carbocycles. The van der Waals surface area contributed by atoms with Gasteiger partial charge < -0.3 is 10.1 Å². The van der Waals surface area contributed by atoms with E-state index < -0.39 is 0 Å². The molecule has 9 heteroatoms. The molecule has 1 aliphatic heterocycles. The van der Waals surface area contributed by atoms with Crippen LogP contribution in [-0.2, 0) is 11.3 Å². The highest BCUT2D eigenvalue weighted by Gasteiger charge is 2.23. The molecule has 0 aliphatic carbocycles. The maximum atomic E-state index is 12.9. The largest absolute Gasteiger partial charge is 0.447 e. The van der Waals surface area contributed by atoms with Crippen molar-refractivity contribution in [3.05, 3.63) is 75.8 Å². The number of anilines is 1. The Bertz CT molecular complexity index is 1350. The molecule has 1 aliphatic rings. The Labute approximate surface area is 193 Å². The van der Waals surface area contributed by atoms with Crippen molar-refractivity contribution >= 4 is 50.8 Å². The fourth-order valence-electron chi connectivity index (χ4n) is 3.67. The summed E-state index contributed by atoms with van der Waals surface area (Å²) in [4.78, 5) is 27.7. The zero-order valence-corrected chi connectivity index (χ0v) is 18.7. The number of nitrogens with one attached hydrogen (secondary N) is 1. The summed E-state index contributed by atoms with van der Waals surface area (Å²) in [6.45, 7) is 3.19. The quantitative estimate of drug-likeness (QED) is 0.452. The smallest absolute Gasteiger partial charge is 0.414 e. The van der Waals surface area contributed by atoms with Crippen LogP contribution >= 0.6 is 22.9 Å². The first kappa shape index (κ1) is 20.5. The molecule has 3 heterocycles. The summed E-state index contributed by atoms with van der Waals surface area (Å²) in [6, 6.07) is 16.9. The van der Waals surface area contributed by atoms with Gasteiger partial charge in [-0.1, -0.05) is 29.8 Å². The Hall–Kier alpha value is -3.36. The maximum Gasteiger partial charge on any atom is 0.414 e. The van der Waals surface area contributed by atoms with E-state index in [0.29, 0.717) is 29.6 Å². The van der Waals surface area contributed by atoms with Gasteiger partial charge in [0.1, 0.15) is 11.4 Å². The first-order chi connectivity index (χ1) is 15.5. The lowest BCUT2D eigenvalue weighted by Gasteiger charge is -2.14. The molecule has 2 amide bonds. The van der Waals surface area contributed by atoms with Crippen molar-refractivity contribution in [2.75, 3.05) is 18.1 Å². The molecule has 0 unspecified atom stereocenters. The lowest BCUT2D eigenvalue weighted by molar-refractivity contribution is 0.0955. The highest BCUT2D eigenvalue weighted by molar-refractivity contribution is 7.20. The third-order valence-electron chi connectivity index (χ3n) is 5.26. The van der Waals surface area contributed by atoms with Crippen LogP contribution in [0.25, 0.3) is 15.9 Å². The Morgan fingerprint density at radius 2 is 2.00 bits per heavy atom. The van der Waals surface area contributed by atoms with E-state index in [1.807, 2.05) is 66.2 Å². The van der Waals surface area contributed by atoms with Gasteiger partial charge in [-0.25, -0.2) is 9.48 Å². The third kappa shape index (κ3) is 3.83. The van der Waals surface area contributed by atoms with Crippen LogP contribution in [0.3, 0.4) is 0 Å². The Morgan fingerprint density at radius 1 is 1.19 bits per heavy atom. The highest BCUT2D eigenvalue weighted by Crippen LogP contribution is 2.31. The number of aromatic nitrogens is 2. The van der Waals surface area contributed by atoms with E-state index in [1.54, 1.807) is 4.90 Å². The monoisotopic (exact) mass is 466 g/mol. The number of thiophene rings is 1. The summed E-state index contributed by atoms with van der Waals surface area (Å²) in [5, 5.41) is 9.14. The van der Waals surface area contributed by atoms with Crippen molar-refractivity contribution in [3.8, 4) is 5.69 Å². The molecule has 32 heavy (non-hydrogen) atoms. The number of amides is 2. The van der Waals surface area contributed by atoms with Gasteiger partial charge in [0.2, 0.25) is 0 Å². The van der Waals surface area contributed by atoms with Gasteiger partial charge in [-0.2, -0.15) is 5.10 Å². The lowest BCUT2D eigenvalue weighted by atomic mass is 10.2. The number of benzene rings is 2. The van der Waals surface area contributed by atoms with Crippen LogP contribution in [0.1, 0.15) is 20.9 Å². The Kier molecular flexibility index (Phi) is 5.32. The minimum absolute atomic E-state index is 0.158. The first-order valence-electron chi connectivity index (χ1n) is 10.1. The molecule has 1 N–H and O–H groups in total. The normalized spacial score (nSPS) is 13.6. The molecule has 162 valence electrons. The number of halogens is 1. The zero-order valence-electron chi connectivity index (χ0n) is 17.2. The second kappa shape index (κ2) is 8.29. The molecule has 1 fully saturated rings. The van der Waals surface area contributed by atoms with Crippen molar-refractivity contribution in [1.82, 2.24) is 15.1 Å². The van der Waals surface area contributed by atoms with Gasteiger partial charge in [0.05, 0.1) is 22.8 Å². The fraction of sp³-hybridized carbons (Fsp3) is 0.174. The predicted octanol–water partition coefficient (Wildman–Crippen LogP) is 4.94. The van der Waals surface area contributed by atoms with Crippen molar-refractivity contribution in [2.24, 2.45) is 0 Å². The molecule has 2 aromatic heterocycles. The number of carbonyl (C=O) groups is 2. The van der Waals surface area contributed by atoms with Crippen LogP contribution in [0.15, 0.2) is 54.6 Å². The van der Waals surface area contributed by atoms with E-state index in [2.05, 4.69) is 10.4 Å². The second-order valence-electron chi connectivity index (χ2n) is 7.43. The topological polar surface area (TPSA) is 76.5 Å². The lowest BCUT2D eigenvalue weighted by Crippen LogP contribution is -2.24. The first-order valence-corrected chi connectivity index (χ1v) is 11.3. The van der Waals surface area contributed by atoms with Crippen LogP contribution in [0, 0.1) is 6.92 Å². The van der Waals surface area contributed by atoms with E-state index in [4.69, 9.17) is 16.3 Å². The van der Waals surface area contributed by atoms with Crippen LogP contribution in [0.4, 0.5) is 10.5 Å².